The number of thiazole rings is 1. The predicted octanol–water partition coefficient (Wildman–Crippen LogP) is 4.36. The number of halogens is 3. The van der Waals surface area contributed by atoms with E-state index in [2.05, 4.69) is 10.3 Å². The van der Waals surface area contributed by atoms with E-state index in [1.54, 1.807) is 22.0 Å². The van der Waals surface area contributed by atoms with E-state index in [1.807, 2.05) is 0 Å². The van der Waals surface area contributed by atoms with Gasteiger partial charge >= 0.3 is 6.18 Å². The number of aromatic nitrogens is 2. The van der Waals surface area contributed by atoms with Crippen LogP contribution >= 0.6 is 11.3 Å². The van der Waals surface area contributed by atoms with Crippen LogP contribution in [0, 0.1) is 0 Å². The second-order valence-electron chi connectivity index (χ2n) is 6.08. The van der Waals surface area contributed by atoms with Crippen molar-refractivity contribution in [3.63, 3.8) is 0 Å². The molecule has 1 fully saturated rings. The molecule has 2 heterocycles. The van der Waals surface area contributed by atoms with Crippen LogP contribution in [-0.4, -0.2) is 21.3 Å². The average Bonchev–Trinajstić information content (AvgIpc) is 3.10. The first-order valence-corrected chi connectivity index (χ1v) is 8.75. The average molecular weight is 365 g/mol. The van der Waals surface area contributed by atoms with E-state index in [0.717, 1.165) is 31.4 Å². The molecule has 2 aromatic heterocycles. The molecule has 0 radical (unpaired) electrons. The zero-order chi connectivity index (χ0) is 17.6. The third-order valence-corrected chi connectivity index (χ3v) is 5.21. The standard InChI is InChI=1S/C17H14F3N3OS/c18-17(19,20)11-4-1-3-10(7-11)13-8-23-14(9-25-16(23)22-13)15(24)21-12-5-2-6-12/h1,3-4,7-9,12H,2,5-6H2,(H,21,24). The van der Waals surface area contributed by atoms with Crippen LogP contribution in [0.3, 0.4) is 0 Å². The molecule has 1 aliphatic carbocycles. The van der Waals surface area contributed by atoms with Crippen molar-refractivity contribution in [2.45, 2.75) is 31.5 Å². The zero-order valence-corrected chi connectivity index (χ0v) is 13.8. The van der Waals surface area contributed by atoms with Gasteiger partial charge in [-0.1, -0.05) is 12.1 Å². The summed E-state index contributed by atoms with van der Waals surface area (Å²) in [5.74, 6) is -0.177. The van der Waals surface area contributed by atoms with Gasteiger partial charge in [0.15, 0.2) is 4.96 Å². The maximum atomic E-state index is 12.9. The quantitative estimate of drug-likeness (QED) is 0.749. The smallest absolute Gasteiger partial charge is 0.348 e. The van der Waals surface area contributed by atoms with Crippen molar-refractivity contribution in [3.05, 3.63) is 47.1 Å². The van der Waals surface area contributed by atoms with E-state index in [9.17, 15) is 18.0 Å². The highest BCUT2D eigenvalue weighted by Crippen LogP contribution is 2.32. The number of benzene rings is 1. The van der Waals surface area contributed by atoms with E-state index in [1.165, 1.54) is 17.4 Å². The van der Waals surface area contributed by atoms with Gasteiger partial charge < -0.3 is 5.32 Å². The van der Waals surface area contributed by atoms with Gasteiger partial charge in [-0.25, -0.2) is 4.98 Å². The zero-order valence-electron chi connectivity index (χ0n) is 13.0. The SMILES string of the molecule is O=C(NC1CCC1)c1csc2nc(-c3cccc(C(F)(F)F)c3)cn12. The van der Waals surface area contributed by atoms with Gasteiger partial charge in [-0.2, -0.15) is 13.2 Å². The minimum atomic E-state index is -4.40. The number of carbonyl (C=O) groups excluding carboxylic acids is 1. The lowest BCUT2D eigenvalue weighted by atomic mass is 9.93. The molecule has 1 aliphatic rings. The van der Waals surface area contributed by atoms with Crippen molar-refractivity contribution in [1.29, 1.82) is 0 Å². The summed E-state index contributed by atoms with van der Waals surface area (Å²) in [4.78, 5) is 17.3. The molecule has 4 rings (SSSR count). The van der Waals surface area contributed by atoms with Crippen molar-refractivity contribution in [2.75, 3.05) is 0 Å². The maximum Gasteiger partial charge on any atom is 0.416 e. The Morgan fingerprint density at radius 3 is 2.80 bits per heavy atom. The molecule has 3 aromatic rings. The fraction of sp³-hybridized carbons (Fsp3) is 0.294. The normalized spacial score (nSPS) is 15.3. The van der Waals surface area contributed by atoms with Gasteiger partial charge in [0, 0.05) is 23.2 Å². The van der Waals surface area contributed by atoms with Crippen molar-refractivity contribution in [1.82, 2.24) is 14.7 Å². The molecule has 130 valence electrons. The Bertz CT molecular complexity index is 940. The summed E-state index contributed by atoms with van der Waals surface area (Å²) in [6.07, 6.45) is 0.295. The monoisotopic (exact) mass is 365 g/mol. The first-order valence-electron chi connectivity index (χ1n) is 7.87. The fourth-order valence-electron chi connectivity index (χ4n) is 2.75. The van der Waals surface area contributed by atoms with Crippen molar-refractivity contribution >= 4 is 22.2 Å². The van der Waals surface area contributed by atoms with Gasteiger partial charge in [-0.15, -0.1) is 11.3 Å². The van der Waals surface area contributed by atoms with E-state index >= 15 is 0 Å². The molecule has 1 N–H and O–H groups in total. The molecule has 0 aliphatic heterocycles. The van der Waals surface area contributed by atoms with Gasteiger partial charge in [0.05, 0.1) is 11.3 Å². The van der Waals surface area contributed by atoms with Crippen LogP contribution in [0.5, 0.6) is 0 Å². The lowest BCUT2D eigenvalue weighted by Gasteiger charge is -2.26. The highest BCUT2D eigenvalue weighted by molar-refractivity contribution is 7.15. The van der Waals surface area contributed by atoms with Crippen LogP contribution in [-0.2, 0) is 6.18 Å². The molecule has 1 amide bonds. The van der Waals surface area contributed by atoms with Crippen LogP contribution in [0.1, 0.15) is 35.3 Å². The Kier molecular flexibility index (Phi) is 3.79. The van der Waals surface area contributed by atoms with Crippen LogP contribution in [0.4, 0.5) is 13.2 Å². The first kappa shape index (κ1) is 16.1. The van der Waals surface area contributed by atoms with Crippen LogP contribution in [0.15, 0.2) is 35.8 Å². The largest absolute Gasteiger partial charge is 0.416 e. The summed E-state index contributed by atoms with van der Waals surface area (Å²) in [7, 11) is 0. The third kappa shape index (κ3) is 3.02. The predicted molar refractivity (Wildman–Crippen MR) is 88.6 cm³/mol. The lowest BCUT2D eigenvalue weighted by molar-refractivity contribution is -0.137. The van der Waals surface area contributed by atoms with Gasteiger partial charge in [0.2, 0.25) is 0 Å². The summed E-state index contributed by atoms with van der Waals surface area (Å²) >= 11 is 1.29. The number of hydrogen-bond acceptors (Lipinski definition) is 3. The Balaban J connectivity index is 1.67. The second kappa shape index (κ2) is 5.87. The molecule has 25 heavy (non-hydrogen) atoms. The van der Waals surface area contributed by atoms with Crippen molar-refractivity contribution in [3.8, 4) is 11.3 Å². The molecule has 0 atom stereocenters. The molecule has 4 nitrogen and oxygen atoms in total. The van der Waals surface area contributed by atoms with Gasteiger partial charge in [0.25, 0.3) is 5.91 Å². The summed E-state index contributed by atoms with van der Waals surface area (Å²) in [6, 6.07) is 5.25. The number of fused-ring (bicyclic) bond motifs is 1. The Labute approximate surface area is 145 Å². The third-order valence-electron chi connectivity index (χ3n) is 4.37. The number of carbonyl (C=O) groups is 1. The second-order valence-corrected chi connectivity index (χ2v) is 6.92. The van der Waals surface area contributed by atoms with Crippen molar-refractivity contribution in [2.24, 2.45) is 0 Å². The van der Waals surface area contributed by atoms with Crippen molar-refractivity contribution < 1.29 is 18.0 Å². The maximum absolute atomic E-state index is 12.9. The molecule has 1 aromatic carbocycles. The molecular formula is C17H14F3N3OS. The molecule has 0 bridgehead atoms. The summed E-state index contributed by atoms with van der Waals surface area (Å²) in [6.45, 7) is 0. The minimum absolute atomic E-state index is 0.177. The highest BCUT2D eigenvalue weighted by atomic mass is 32.1. The van der Waals surface area contributed by atoms with Gasteiger partial charge in [-0.3, -0.25) is 9.20 Å². The Hall–Kier alpha value is -2.35. The Morgan fingerprint density at radius 1 is 1.32 bits per heavy atom. The number of imidazole rings is 1. The van der Waals surface area contributed by atoms with Crippen LogP contribution in [0.2, 0.25) is 0 Å². The topological polar surface area (TPSA) is 46.4 Å². The fourth-order valence-corrected chi connectivity index (χ4v) is 3.61. The molecule has 0 saturated heterocycles. The number of alkyl halides is 3. The number of amides is 1. The van der Waals surface area contributed by atoms with Gasteiger partial charge in [0.1, 0.15) is 5.69 Å². The van der Waals surface area contributed by atoms with Crippen LogP contribution < -0.4 is 5.32 Å². The number of hydrogen-bond donors (Lipinski definition) is 1. The Morgan fingerprint density at radius 2 is 2.12 bits per heavy atom. The molecule has 0 spiro atoms. The lowest BCUT2D eigenvalue weighted by Crippen LogP contribution is -2.39. The number of nitrogens with one attached hydrogen (secondary N) is 1. The number of rotatable bonds is 3. The van der Waals surface area contributed by atoms with Crippen LogP contribution in [0.25, 0.3) is 16.2 Å². The molecule has 0 unspecified atom stereocenters. The first-order chi connectivity index (χ1) is 11.9. The molecule has 1 saturated carbocycles. The summed E-state index contributed by atoms with van der Waals surface area (Å²) in [5, 5.41) is 4.67. The van der Waals surface area contributed by atoms with Gasteiger partial charge in [-0.05, 0) is 31.4 Å². The van der Waals surface area contributed by atoms with E-state index in [4.69, 9.17) is 0 Å². The summed E-state index contributed by atoms with van der Waals surface area (Å²) in [5.41, 5.74) is 0.522. The van der Waals surface area contributed by atoms with E-state index in [0.29, 0.717) is 21.9 Å². The minimum Gasteiger partial charge on any atom is -0.348 e. The summed E-state index contributed by atoms with van der Waals surface area (Å²) < 4.78 is 40.3. The molecular weight excluding hydrogens is 351 g/mol. The van der Waals surface area contributed by atoms with E-state index in [-0.39, 0.29) is 11.9 Å². The molecule has 8 heteroatoms. The van der Waals surface area contributed by atoms with E-state index < -0.39 is 11.7 Å². The highest BCUT2D eigenvalue weighted by Gasteiger charge is 2.30. The number of nitrogens with zero attached hydrogens (tertiary/aromatic N) is 2.